The second-order valence-electron chi connectivity index (χ2n) is 9.54. The summed E-state index contributed by atoms with van der Waals surface area (Å²) >= 11 is 0. The van der Waals surface area contributed by atoms with Crippen molar-refractivity contribution in [3.8, 4) is 0 Å². The molecule has 3 amide bonds. The number of nitrogens with one attached hydrogen (secondary N) is 2. The van der Waals surface area contributed by atoms with E-state index < -0.39 is 5.54 Å². The predicted molar refractivity (Wildman–Crippen MR) is 125 cm³/mol. The Morgan fingerprint density at radius 3 is 2.58 bits per heavy atom. The summed E-state index contributed by atoms with van der Waals surface area (Å²) in [7, 11) is 1.64. The van der Waals surface area contributed by atoms with Gasteiger partial charge in [0, 0.05) is 25.7 Å². The van der Waals surface area contributed by atoms with Crippen molar-refractivity contribution in [3.63, 3.8) is 0 Å². The Balaban J connectivity index is 1.45. The Kier molecular flexibility index (Phi) is 6.54. The number of nitrogens with zero attached hydrogens (tertiary/aromatic N) is 3. The smallest absolute Gasteiger partial charge is 0.272 e. The number of benzene rings is 1. The third-order valence-electron chi connectivity index (χ3n) is 7.10. The number of carbonyl (C=O) groups is 3. The van der Waals surface area contributed by atoms with Gasteiger partial charge in [0.1, 0.15) is 11.2 Å². The molecule has 176 valence electrons. The van der Waals surface area contributed by atoms with Crippen LogP contribution in [0.15, 0.2) is 36.4 Å². The van der Waals surface area contributed by atoms with Crippen LogP contribution in [-0.2, 0) is 11.3 Å². The monoisotopic (exact) mass is 451 g/mol. The number of rotatable bonds is 6. The maximum absolute atomic E-state index is 13.2. The minimum atomic E-state index is -1.07. The molecule has 0 saturated heterocycles. The van der Waals surface area contributed by atoms with Gasteiger partial charge in [-0.05, 0) is 31.2 Å². The standard InChI is InChI=1S/C25H33N5O3/c1-17(18-10-6-4-7-11-18)15-26-22(31)20-14-21-23(32)29(3)25(2,16-30(21)28-20)24(33)27-19-12-8-5-9-13-19/h4,6-7,10-11,14,17,19H,5,8-9,12-13,15-16H2,1-3H3,(H,26,31)(H,27,33)/t17-,25+/m0/s1. The van der Waals surface area contributed by atoms with Gasteiger partial charge in [-0.1, -0.05) is 56.5 Å². The van der Waals surface area contributed by atoms with Crippen LogP contribution in [0, 0.1) is 0 Å². The first-order chi connectivity index (χ1) is 15.8. The SMILES string of the molecule is C[C@@H](CNC(=O)c1cc2n(n1)C[C@](C)(C(=O)NC1CCCCC1)N(C)C2=O)c1ccccc1. The molecule has 8 heteroatoms. The third-order valence-corrected chi connectivity index (χ3v) is 7.10. The van der Waals surface area contributed by atoms with Crippen LogP contribution in [0.3, 0.4) is 0 Å². The number of amides is 3. The molecule has 1 aromatic carbocycles. The molecule has 33 heavy (non-hydrogen) atoms. The predicted octanol–water partition coefficient (Wildman–Crippen LogP) is 2.71. The molecule has 0 radical (unpaired) electrons. The fourth-order valence-corrected chi connectivity index (χ4v) is 4.66. The lowest BCUT2D eigenvalue weighted by Crippen LogP contribution is -2.63. The lowest BCUT2D eigenvalue weighted by atomic mass is 9.92. The summed E-state index contributed by atoms with van der Waals surface area (Å²) in [4.78, 5) is 40.5. The number of likely N-dealkylation sites (N-methyl/N-ethyl adjacent to an activating group) is 1. The average Bonchev–Trinajstić information content (AvgIpc) is 3.26. The van der Waals surface area contributed by atoms with Crippen molar-refractivity contribution in [1.29, 1.82) is 0 Å². The van der Waals surface area contributed by atoms with E-state index in [4.69, 9.17) is 0 Å². The zero-order valence-electron chi connectivity index (χ0n) is 19.6. The van der Waals surface area contributed by atoms with Gasteiger partial charge in [0.25, 0.3) is 11.8 Å². The van der Waals surface area contributed by atoms with Crippen molar-refractivity contribution < 1.29 is 14.4 Å². The normalized spacial score (nSPS) is 21.9. The lowest BCUT2D eigenvalue weighted by Gasteiger charge is -2.41. The number of carbonyl (C=O) groups excluding carboxylic acids is 3. The molecule has 0 bridgehead atoms. The third kappa shape index (κ3) is 4.65. The van der Waals surface area contributed by atoms with Crippen LogP contribution in [0.25, 0.3) is 0 Å². The van der Waals surface area contributed by atoms with Crippen molar-refractivity contribution in [2.75, 3.05) is 13.6 Å². The Morgan fingerprint density at radius 2 is 1.88 bits per heavy atom. The number of fused-ring (bicyclic) bond motifs is 1. The van der Waals surface area contributed by atoms with Crippen LogP contribution in [0.5, 0.6) is 0 Å². The van der Waals surface area contributed by atoms with Gasteiger partial charge in [0.05, 0.1) is 6.54 Å². The number of hydrogen-bond donors (Lipinski definition) is 2. The van der Waals surface area contributed by atoms with Crippen LogP contribution in [0.1, 0.15) is 78.4 Å². The van der Waals surface area contributed by atoms with Crippen LogP contribution >= 0.6 is 0 Å². The van der Waals surface area contributed by atoms with Crippen LogP contribution < -0.4 is 10.6 Å². The quantitative estimate of drug-likeness (QED) is 0.706. The molecule has 1 aliphatic carbocycles. The molecule has 1 fully saturated rings. The van der Waals surface area contributed by atoms with E-state index >= 15 is 0 Å². The molecule has 0 unspecified atom stereocenters. The molecule has 4 rings (SSSR count). The van der Waals surface area contributed by atoms with Gasteiger partial charge in [-0.15, -0.1) is 0 Å². The summed E-state index contributed by atoms with van der Waals surface area (Å²) in [5.74, 6) is -0.670. The molecule has 0 spiro atoms. The molecule has 1 aromatic heterocycles. The minimum Gasteiger partial charge on any atom is -0.351 e. The van der Waals surface area contributed by atoms with Gasteiger partial charge in [-0.3, -0.25) is 19.1 Å². The zero-order valence-corrected chi connectivity index (χ0v) is 19.6. The molecule has 2 heterocycles. The van der Waals surface area contributed by atoms with Crippen LogP contribution in [0.4, 0.5) is 0 Å². The summed E-state index contributed by atoms with van der Waals surface area (Å²) in [5, 5.41) is 10.4. The minimum absolute atomic E-state index is 0.145. The van der Waals surface area contributed by atoms with Gasteiger partial charge in [0.2, 0.25) is 5.91 Å². The van der Waals surface area contributed by atoms with E-state index in [1.165, 1.54) is 22.1 Å². The molecular weight excluding hydrogens is 418 g/mol. The number of hydrogen-bond acceptors (Lipinski definition) is 4. The van der Waals surface area contributed by atoms with E-state index in [9.17, 15) is 14.4 Å². The summed E-state index contributed by atoms with van der Waals surface area (Å²) in [6.07, 6.45) is 5.37. The summed E-state index contributed by atoms with van der Waals surface area (Å²) in [6.45, 7) is 4.47. The maximum atomic E-state index is 13.2. The van der Waals surface area contributed by atoms with E-state index in [1.54, 1.807) is 14.0 Å². The van der Waals surface area contributed by atoms with Crippen molar-refractivity contribution in [2.45, 2.75) is 70.0 Å². The van der Waals surface area contributed by atoms with Crippen LogP contribution in [0.2, 0.25) is 0 Å². The van der Waals surface area contributed by atoms with E-state index in [-0.39, 0.29) is 41.9 Å². The van der Waals surface area contributed by atoms with Gasteiger partial charge in [0.15, 0.2) is 5.69 Å². The molecule has 2 atom stereocenters. The summed E-state index contributed by atoms with van der Waals surface area (Å²) < 4.78 is 1.50. The van der Waals surface area contributed by atoms with E-state index in [2.05, 4.69) is 15.7 Å². The first-order valence-corrected chi connectivity index (χ1v) is 11.8. The molecule has 1 aliphatic heterocycles. The van der Waals surface area contributed by atoms with Gasteiger partial charge >= 0.3 is 0 Å². The second kappa shape index (κ2) is 9.37. The largest absolute Gasteiger partial charge is 0.351 e. The van der Waals surface area contributed by atoms with Gasteiger partial charge < -0.3 is 15.5 Å². The first kappa shape index (κ1) is 23.0. The fourth-order valence-electron chi connectivity index (χ4n) is 4.66. The second-order valence-corrected chi connectivity index (χ2v) is 9.54. The Bertz CT molecular complexity index is 1030. The zero-order chi connectivity index (χ0) is 23.6. The van der Waals surface area contributed by atoms with Crippen molar-refractivity contribution in [2.24, 2.45) is 0 Å². The Hall–Kier alpha value is -3.16. The first-order valence-electron chi connectivity index (χ1n) is 11.8. The molecule has 2 aromatic rings. The topological polar surface area (TPSA) is 96.3 Å². The van der Waals surface area contributed by atoms with Crippen molar-refractivity contribution in [3.05, 3.63) is 53.3 Å². The number of aromatic nitrogens is 2. The van der Waals surface area contributed by atoms with E-state index in [0.29, 0.717) is 12.2 Å². The summed E-state index contributed by atoms with van der Waals surface area (Å²) in [5.41, 5.74) is 0.576. The van der Waals surface area contributed by atoms with E-state index in [1.807, 2.05) is 37.3 Å². The highest BCUT2D eigenvalue weighted by atomic mass is 16.2. The molecule has 1 saturated carbocycles. The van der Waals surface area contributed by atoms with Crippen molar-refractivity contribution in [1.82, 2.24) is 25.3 Å². The van der Waals surface area contributed by atoms with Gasteiger partial charge in [-0.25, -0.2) is 0 Å². The maximum Gasteiger partial charge on any atom is 0.272 e. The highest BCUT2D eigenvalue weighted by Gasteiger charge is 2.46. The summed E-state index contributed by atoms with van der Waals surface area (Å²) in [6, 6.07) is 11.6. The average molecular weight is 452 g/mol. The molecule has 2 aliphatic rings. The Morgan fingerprint density at radius 1 is 1.18 bits per heavy atom. The van der Waals surface area contributed by atoms with Gasteiger partial charge in [-0.2, -0.15) is 5.10 Å². The molecular formula is C25H33N5O3. The Labute approximate surface area is 194 Å². The van der Waals surface area contributed by atoms with E-state index in [0.717, 1.165) is 31.2 Å². The fraction of sp³-hybridized carbons (Fsp3) is 0.520. The lowest BCUT2D eigenvalue weighted by molar-refractivity contribution is -0.133. The molecule has 8 nitrogen and oxygen atoms in total. The molecule has 2 N–H and O–H groups in total. The van der Waals surface area contributed by atoms with Crippen LogP contribution in [-0.4, -0.2) is 57.6 Å². The van der Waals surface area contributed by atoms with Crippen molar-refractivity contribution >= 4 is 17.7 Å². The highest BCUT2D eigenvalue weighted by molar-refractivity contribution is 6.01. The highest BCUT2D eigenvalue weighted by Crippen LogP contribution is 2.27.